The van der Waals surface area contributed by atoms with Crippen LogP contribution in [-0.4, -0.2) is 37.9 Å². The lowest BCUT2D eigenvalue weighted by atomic mass is 10.4. The first-order chi connectivity index (χ1) is 5.80. The van der Waals surface area contributed by atoms with Crippen molar-refractivity contribution in [1.82, 2.24) is 4.90 Å². The number of carbonyl (C=O) groups is 1. The van der Waals surface area contributed by atoms with Crippen molar-refractivity contribution >= 4 is 15.7 Å². The Bertz CT molecular complexity index is 295. The van der Waals surface area contributed by atoms with E-state index in [-0.39, 0.29) is 12.3 Å². The van der Waals surface area contributed by atoms with Crippen LogP contribution in [-0.2, 0) is 14.6 Å². The lowest BCUT2D eigenvalue weighted by Gasteiger charge is -2.24. The molecule has 0 aromatic heterocycles. The zero-order valence-electron chi connectivity index (χ0n) is 8.15. The van der Waals surface area contributed by atoms with Crippen LogP contribution in [0.4, 0.5) is 0 Å². The molecular weight excluding hydrogens is 190 g/mol. The fourth-order valence-corrected chi connectivity index (χ4v) is 2.17. The van der Waals surface area contributed by atoms with E-state index in [0.29, 0.717) is 0 Å². The van der Waals surface area contributed by atoms with Gasteiger partial charge in [0.1, 0.15) is 5.37 Å². The third kappa shape index (κ3) is 3.59. The summed E-state index contributed by atoms with van der Waals surface area (Å²) in [7, 11) is -1.77. The summed E-state index contributed by atoms with van der Waals surface area (Å²) in [5, 5.41) is -0.789. The van der Waals surface area contributed by atoms with Crippen LogP contribution in [0.5, 0.6) is 0 Å². The maximum absolute atomic E-state index is 11.2. The van der Waals surface area contributed by atoms with Gasteiger partial charge in [-0.3, -0.25) is 4.79 Å². The number of sulfone groups is 1. The van der Waals surface area contributed by atoms with Gasteiger partial charge in [-0.25, -0.2) is 8.42 Å². The van der Waals surface area contributed by atoms with Gasteiger partial charge in [-0.2, -0.15) is 0 Å². The highest BCUT2D eigenvalue weighted by atomic mass is 32.2. The monoisotopic (exact) mass is 205 g/mol. The second-order valence-electron chi connectivity index (χ2n) is 2.94. The molecule has 76 valence electrons. The molecule has 4 nitrogen and oxygen atoms in total. The van der Waals surface area contributed by atoms with E-state index in [1.165, 1.54) is 24.9 Å². The van der Waals surface area contributed by atoms with E-state index in [0.717, 1.165) is 6.26 Å². The molecule has 0 N–H and O–H groups in total. The van der Waals surface area contributed by atoms with Crippen LogP contribution < -0.4 is 0 Å². The maximum Gasteiger partial charge on any atom is 0.220 e. The van der Waals surface area contributed by atoms with Crippen LogP contribution in [0.15, 0.2) is 12.7 Å². The number of rotatable bonds is 4. The third-order valence-electron chi connectivity index (χ3n) is 1.79. The van der Waals surface area contributed by atoms with Gasteiger partial charge in [0.25, 0.3) is 0 Å². The summed E-state index contributed by atoms with van der Waals surface area (Å²) in [4.78, 5) is 12.1. The molecule has 0 spiro atoms. The van der Waals surface area contributed by atoms with Crippen molar-refractivity contribution in [3.63, 3.8) is 0 Å². The molecule has 1 atom stereocenters. The summed E-state index contributed by atoms with van der Waals surface area (Å²) in [5.41, 5.74) is 0. The molecule has 0 aliphatic rings. The SMILES string of the molecule is C=CCC(N(C)C(C)=O)S(C)(=O)=O. The summed E-state index contributed by atoms with van der Waals surface area (Å²) in [6.45, 7) is 4.79. The van der Waals surface area contributed by atoms with Gasteiger partial charge >= 0.3 is 0 Å². The topological polar surface area (TPSA) is 54.5 Å². The zero-order valence-corrected chi connectivity index (χ0v) is 8.97. The minimum Gasteiger partial charge on any atom is -0.329 e. The van der Waals surface area contributed by atoms with Gasteiger partial charge in [0, 0.05) is 20.2 Å². The van der Waals surface area contributed by atoms with Crippen molar-refractivity contribution < 1.29 is 13.2 Å². The standard InChI is InChI=1S/C8H15NO3S/c1-5-6-8(13(4,11)12)9(3)7(2)10/h5,8H,1,6H2,2-4H3. The zero-order chi connectivity index (χ0) is 10.6. The summed E-state index contributed by atoms with van der Waals surface area (Å²) < 4.78 is 22.5. The Labute approximate surface area is 79.2 Å². The van der Waals surface area contributed by atoms with Crippen molar-refractivity contribution in [2.75, 3.05) is 13.3 Å². The number of amides is 1. The Morgan fingerprint density at radius 2 is 2.08 bits per heavy atom. The highest BCUT2D eigenvalue weighted by Gasteiger charge is 2.25. The molecule has 0 aromatic rings. The van der Waals surface area contributed by atoms with Crippen LogP contribution in [0.25, 0.3) is 0 Å². The van der Waals surface area contributed by atoms with Gasteiger partial charge in [-0.15, -0.1) is 6.58 Å². The van der Waals surface area contributed by atoms with Crippen LogP contribution in [0.1, 0.15) is 13.3 Å². The van der Waals surface area contributed by atoms with E-state index in [1.807, 2.05) is 0 Å². The molecule has 0 radical (unpaired) electrons. The molecule has 0 rings (SSSR count). The minimum atomic E-state index is -3.24. The second kappa shape index (κ2) is 4.41. The number of hydrogen-bond acceptors (Lipinski definition) is 3. The average molecular weight is 205 g/mol. The normalized spacial score (nSPS) is 13.5. The second-order valence-corrected chi connectivity index (χ2v) is 5.14. The van der Waals surface area contributed by atoms with Gasteiger partial charge in [0.05, 0.1) is 0 Å². The molecule has 0 aromatic carbocycles. The molecule has 13 heavy (non-hydrogen) atoms. The van der Waals surface area contributed by atoms with Crippen molar-refractivity contribution in [2.45, 2.75) is 18.7 Å². The molecule has 1 amide bonds. The van der Waals surface area contributed by atoms with Crippen LogP contribution in [0.3, 0.4) is 0 Å². The third-order valence-corrected chi connectivity index (χ3v) is 3.29. The van der Waals surface area contributed by atoms with Gasteiger partial charge in [-0.05, 0) is 6.42 Å². The Kier molecular flexibility index (Phi) is 4.13. The largest absolute Gasteiger partial charge is 0.329 e. The quantitative estimate of drug-likeness (QED) is 0.625. The molecule has 0 aliphatic carbocycles. The van der Waals surface area contributed by atoms with E-state index in [9.17, 15) is 13.2 Å². The van der Waals surface area contributed by atoms with Crippen molar-refractivity contribution in [1.29, 1.82) is 0 Å². The van der Waals surface area contributed by atoms with Crippen LogP contribution in [0.2, 0.25) is 0 Å². The smallest absolute Gasteiger partial charge is 0.220 e. The molecule has 5 heteroatoms. The lowest BCUT2D eigenvalue weighted by molar-refractivity contribution is -0.128. The van der Waals surface area contributed by atoms with E-state index >= 15 is 0 Å². The van der Waals surface area contributed by atoms with E-state index in [2.05, 4.69) is 6.58 Å². The number of hydrogen-bond donors (Lipinski definition) is 0. The molecule has 0 aliphatic heterocycles. The Morgan fingerprint density at radius 3 is 2.31 bits per heavy atom. The highest BCUT2D eigenvalue weighted by Crippen LogP contribution is 2.09. The highest BCUT2D eigenvalue weighted by molar-refractivity contribution is 7.91. The van der Waals surface area contributed by atoms with Crippen LogP contribution in [0, 0.1) is 0 Å². The van der Waals surface area contributed by atoms with E-state index in [1.54, 1.807) is 0 Å². The van der Waals surface area contributed by atoms with Crippen molar-refractivity contribution in [3.8, 4) is 0 Å². The van der Waals surface area contributed by atoms with Gasteiger partial charge in [0.2, 0.25) is 5.91 Å². The summed E-state index contributed by atoms with van der Waals surface area (Å²) in [6.07, 6.45) is 2.86. The summed E-state index contributed by atoms with van der Waals surface area (Å²) >= 11 is 0. The molecule has 0 fully saturated rings. The fraction of sp³-hybridized carbons (Fsp3) is 0.625. The maximum atomic E-state index is 11.2. The fourth-order valence-electron chi connectivity index (χ4n) is 0.965. The number of carbonyl (C=O) groups excluding carboxylic acids is 1. The molecule has 0 saturated carbocycles. The number of nitrogens with zero attached hydrogens (tertiary/aromatic N) is 1. The Hall–Kier alpha value is -0.840. The average Bonchev–Trinajstić information content (AvgIpc) is 1.96. The summed E-state index contributed by atoms with van der Waals surface area (Å²) in [6, 6.07) is 0. The predicted molar refractivity (Wildman–Crippen MR) is 51.9 cm³/mol. The molecule has 0 bridgehead atoms. The lowest BCUT2D eigenvalue weighted by Crippen LogP contribution is -2.40. The first kappa shape index (κ1) is 12.2. The summed E-state index contributed by atoms with van der Waals surface area (Å²) in [5.74, 6) is -0.266. The van der Waals surface area contributed by atoms with Gasteiger partial charge in [-0.1, -0.05) is 6.08 Å². The molecular formula is C8H15NO3S. The molecule has 0 heterocycles. The minimum absolute atomic E-state index is 0.259. The van der Waals surface area contributed by atoms with Crippen LogP contribution >= 0.6 is 0 Å². The first-order valence-corrected chi connectivity index (χ1v) is 5.79. The van der Waals surface area contributed by atoms with E-state index in [4.69, 9.17) is 0 Å². The predicted octanol–water partition coefficient (Wildman–Crippen LogP) is 0.411. The Balaban J connectivity index is 4.81. The first-order valence-electron chi connectivity index (χ1n) is 3.84. The van der Waals surface area contributed by atoms with Crippen molar-refractivity contribution in [2.24, 2.45) is 0 Å². The van der Waals surface area contributed by atoms with Crippen molar-refractivity contribution in [3.05, 3.63) is 12.7 Å². The molecule has 1 unspecified atom stereocenters. The Morgan fingerprint density at radius 1 is 1.62 bits per heavy atom. The van der Waals surface area contributed by atoms with Gasteiger partial charge in [0.15, 0.2) is 9.84 Å². The van der Waals surface area contributed by atoms with Gasteiger partial charge < -0.3 is 4.90 Å². The molecule has 0 saturated heterocycles. The van der Waals surface area contributed by atoms with E-state index < -0.39 is 15.2 Å².